The molecule has 0 heterocycles. The molecule has 0 aliphatic heterocycles. The largest absolute Gasteiger partial charge is 0.0505 e. The first kappa shape index (κ1) is 9.26. The van der Waals surface area contributed by atoms with Crippen LogP contribution in [0, 0.1) is 13.8 Å². The molecular weight excluding hydrogens is 224 g/mol. The third-order valence-electron chi connectivity index (χ3n) is 2.99. The molecule has 1 aliphatic carbocycles. The Labute approximate surface area is 88.5 Å². The van der Waals surface area contributed by atoms with Crippen molar-refractivity contribution in [1.29, 1.82) is 0 Å². The summed E-state index contributed by atoms with van der Waals surface area (Å²) in [5.41, 5.74) is 6.03. The highest BCUT2D eigenvalue weighted by atomic mass is 79.9. The molecule has 0 spiro atoms. The average molecular weight is 238 g/mol. The van der Waals surface area contributed by atoms with Crippen LogP contribution in [0.15, 0.2) is 10.5 Å². The average Bonchev–Trinajstić information content (AvgIpc) is 2.60. The lowest BCUT2D eigenvalue weighted by Crippen LogP contribution is -1.95. The third kappa shape index (κ3) is 1.43. The quantitative estimate of drug-likeness (QED) is 0.700. The molecule has 0 saturated heterocycles. The van der Waals surface area contributed by atoms with Crippen molar-refractivity contribution in [3.63, 3.8) is 0 Å². The second-order valence-electron chi connectivity index (χ2n) is 3.70. The zero-order valence-corrected chi connectivity index (χ0v) is 9.58. The van der Waals surface area contributed by atoms with Crippen molar-refractivity contribution in [2.45, 2.75) is 32.6 Å². The van der Waals surface area contributed by atoms with E-state index in [-0.39, 0.29) is 0 Å². The second-order valence-corrected chi connectivity index (χ2v) is 4.56. The van der Waals surface area contributed by atoms with Crippen LogP contribution in [0.5, 0.6) is 0 Å². The number of benzene rings is 1. The smallest absolute Gasteiger partial charge is 0.0210 e. The summed E-state index contributed by atoms with van der Waals surface area (Å²) in [5, 5.41) is 0. The van der Waals surface area contributed by atoms with Gasteiger partial charge in [-0.2, -0.15) is 0 Å². The molecule has 69 valence electrons. The Morgan fingerprint density at radius 1 is 1.38 bits per heavy atom. The van der Waals surface area contributed by atoms with Crippen LogP contribution in [0.1, 0.15) is 28.7 Å². The monoisotopic (exact) mass is 237 g/mol. The number of rotatable bonds is 1. The maximum atomic E-state index is 3.98. The summed E-state index contributed by atoms with van der Waals surface area (Å²) < 4.78 is 1.26. The highest BCUT2D eigenvalue weighted by Gasteiger charge is 2.17. The van der Waals surface area contributed by atoms with Crippen molar-refractivity contribution in [1.82, 2.24) is 0 Å². The second kappa shape index (κ2) is 3.45. The Hall–Kier alpha value is -0.300. The van der Waals surface area contributed by atoms with Gasteiger partial charge in [0.25, 0.3) is 0 Å². The van der Waals surface area contributed by atoms with Gasteiger partial charge in [0, 0.05) is 4.47 Å². The van der Waals surface area contributed by atoms with Crippen molar-refractivity contribution < 1.29 is 0 Å². The summed E-state index contributed by atoms with van der Waals surface area (Å²) in [7, 11) is 0. The van der Waals surface area contributed by atoms with E-state index in [0.29, 0.717) is 0 Å². The Morgan fingerprint density at radius 2 is 2.08 bits per heavy atom. The van der Waals surface area contributed by atoms with Crippen LogP contribution in [0.3, 0.4) is 0 Å². The maximum absolute atomic E-state index is 3.98. The molecule has 0 amide bonds. The molecule has 0 aromatic heterocycles. The van der Waals surface area contributed by atoms with E-state index in [1.807, 2.05) is 0 Å². The predicted molar refractivity (Wildman–Crippen MR) is 60.0 cm³/mol. The molecule has 0 unspecified atom stereocenters. The van der Waals surface area contributed by atoms with Gasteiger partial charge in [0.15, 0.2) is 0 Å². The van der Waals surface area contributed by atoms with Crippen molar-refractivity contribution in [3.05, 3.63) is 39.7 Å². The van der Waals surface area contributed by atoms with E-state index in [9.17, 15) is 0 Å². The minimum atomic E-state index is 0.918. The van der Waals surface area contributed by atoms with E-state index in [2.05, 4.69) is 35.8 Å². The van der Waals surface area contributed by atoms with Crippen LogP contribution < -0.4 is 0 Å². The molecule has 1 aliphatic rings. The van der Waals surface area contributed by atoms with Gasteiger partial charge in [-0.05, 0) is 67.9 Å². The first-order valence-electron chi connectivity index (χ1n) is 4.83. The molecule has 1 heteroatoms. The molecule has 0 bridgehead atoms. The molecule has 0 N–H and O–H groups in total. The Kier molecular flexibility index (Phi) is 2.46. The topological polar surface area (TPSA) is 0 Å². The lowest BCUT2D eigenvalue weighted by atomic mass is 9.97. The lowest BCUT2D eigenvalue weighted by molar-refractivity contribution is 0.905. The Morgan fingerprint density at radius 3 is 2.77 bits per heavy atom. The molecule has 0 fully saturated rings. The standard InChI is InChI=1S/C12H14Br/c1-3-9-7-12(13)8(2)10-5-4-6-11(9)10/h7H,1,3-6H2,2H3. The fraction of sp³-hybridized carbons (Fsp3) is 0.417. The fourth-order valence-corrected chi connectivity index (χ4v) is 2.74. The summed E-state index contributed by atoms with van der Waals surface area (Å²) in [6, 6.07) is 2.24. The fourth-order valence-electron chi connectivity index (χ4n) is 2.23. The zero-order valence-electron chi connectivity index (χ0n) is 7.99. The minimum Gasteiger partial charge on any atom is -0.0505 e. The molecule has 0 atom stereocenters. The maximum Gasteiger partial charge on any atom is 0.0210 e. The molecule has 0 nitrogen and oxygen atoms in total. The lowest BCUT2D eigenvalue weighted by Gasteiger charge is -2.11. The number of hydrogen-bond donors (Lipinski definition) is 0. The van der Waals surface area contributed by atoms with Gasteiger partial charge >= 0.3 is 0 Å². The molecule has 1 radical (unpaired) electrons. The normalized spacial score (nSPS) is 14.7. The van der Waals surface area contributed by atoms with E-state index in [4.69, 9.17) is 0 Å². The van der Waals surface area contributed by atoms with Crippen molar-refractivity contribution in [3.8, 4) is 0 Å². The van der Waals surface area contributed by atoms with Crippen molar-refractivity contribution >= 4 is 15.9 Å². The van der Waals surface area contributed by atoms with E-state index >= 15 is 0 Å². The van der Waals surface area contributed by atoms with Crippen LogP contribution in [0.4, 0.5) is 0 Å². The molecule has 0 saturated carbocycles. The first-order chi connectivity index (χ1) is 6.24. The highest BCUT2D eigenvalue weighted by Crippen LogP contribution is 2.33. The van der Waals surface area contributed by atoms with Gasteiger partial charge in [0.05, 0.1) is 0 Å². The number of hydrogen-bond acceptors (Lipinski definition) is 0. The van der Waals surface area contributed by atoms with Gasteiger partial charge in [-0.25, -0.2) is 0 Å². The van der Waals surface area contributed by atoms with E-state index < -0.39 is 0 Å². The SMILES string of the molecule is [CH2]Cc1cc(Br)c(C)c2c1CCC2. The summed E-state index contributed by atoms with van der Waals surface area (Å²) in [5.74, 6) is 0. The van der Waals surface area contributed by atoms with Crippen LogP contribution in [-0.4, -0.2) is 0 Å². The van der Waals surface area contributed by atoms with Gasteiger partial charge in [-0.1, -0.05) is 15.9 Å². The molecule has 2 rings (SSSR count). The van der Waals surface area contributed by atoms with E-state index in [0.717, 1.165) is 6.42 Å². The van der Waals surface area contributed by atoms with Gasteiger partial charge in [-0.15, -0.1) is 0 Å². The van der Waals surface area contributed by atoms with Crippen LogP contribution >= 0.6 is 15.9 Å². The summed E-state index contributed by atoms with van der Waals surface area (Å²) in [6.45, 7) is 6.19. The summed E-state index contributed by atoms with van der Waals surface area (Å²) >= 11 is 3.61. The summed E-state index contributed by atoms with van der Waals surface area (Å²) in [4.78, 5) is 0. The van der Waals surface area contributed by atoms with E-state index in [1.165, 1.54) is 34.9 Å². The summed E-state index contributed by atoms with van der Waals surface area (Å²) in [6.07, 6.45) is 4.75. The van der Waals surface area contributed by atoms with Gasteiger partial charge < -0.3 is 0 Å². The van der Waals surface area contributed by atoms with E-state index in [1.54, 1.807) is 11.1 Å². The molecule has 13 heavy (non-hydrogen) atoms. The van der Waals surface area contributed by atoms with Crippen LogP contribution in [0.25, 0.3) is 0 Å². The van der Waals surface area contributed by atoms with Crippen molar-refractivity contribution in [2.24, 2.45) is 0 Å². The van der Waals surface area contributed by atoms with Crippen LogP contribution in [-0.2, 0) is 19.3 Å². The Bertz CT molecular complexity index is 339. The highest BCUT2D eigenvalue weighted by molar-refractivity contribution is 9.10. The minimum absolute atomic E-state index is 0.918. The molecule has 1 aromatic rings. The first-order valence-corrected chi connectivity index (χ1v) is 5.62. The zero-order chi connectivity index (χ0) is 9.42. The molecular formula is C12H14Br. The third-order valence-corrected chi connectivity index (χ3v) is 3.81. The number of fused-ring (bicyclic) bond motifs is 1. The van der Waals surface area contributed by atoms with Gasteiger partial charge in [-0.3, -0.25) is 0 Å². The predicted octanol–water partition coefficient (Wildman–Crippen LogP) is 3.62. The Balaban J connectivity index is 2.64. The number of halogens is 1. The molecule has 1 aromatic carbocycles. The van der Waals surface area contributed by atoms with Gasteiger partial charge in [0.1, 0.15) is 0 Å². The van der Waals surface area contributed by atoms with Gasteiger partial charge in [0.2, 0.25) is 0 Å². The van der Waals surface area contributed by atoms with Crippen LogP contribution in [0.2, 0.25) is 0 Å². The van der Waals surface area contributed by atoms with Crippen molar-refractivity contribution in [2.75, 3.05) is 0 Å².